The highest BCUT2D eigenvalue weighted by atomic mass is 35.5. The van der Waals surface area contributed by atoms with E-state index in [1.165, 1.54) is 10.9 Å². The van der Waals surface area contributed by atoms with Crippen LogP contribution in [0.2, 0.25) is 5.02 Å². The maximum absolute atomic E-state index is 12.2. The van der Waals surface area contributed by atoms with E-state index in [2.05, 4.69) is 21.3 Å². The van der Waals surface area contributed by atoms with Crippen LogP contribution >= 0.6 is 23.8 Å². The largest absolute Gasteiger partial charge is 0.504 e. The molecule has 4 N–H and O–H groups in total. The molecule has 2 aromatic carbocycles. The fourth-order valence-electron chi connectivity index (χ4n) is 2.11. The average molecular weight is 388 g/mol. The number of benzene rings is 2. The fourth-order valence-corrected chi connectivity index (χ4v) is 2.40. The molecule has 0 bridgehead atoms. The highest BCUT2D eigenvalue weighted by Gasteiger charge is 2.17. The number of amides is 1. The first-order valence-electron chi connectivity index (χ1n) is 7.50. The Bertz CT molecular complexity index is 928. The van der Waals surface area contributed by atoms with Crippen LogP contribution in [0.1, 0.15) is 10.5 Å². The molecular formula is C17H14ClN5O2S. The zero-order chi connectivity index (χ0) is 18.5. The highest BCUT2D eigenvalue weighted by molar-refractivity contribution is 7.80. The van der Waals surface area contributed by atoms with Crippen molar-refractivity contribution in [3.05, 3.63) is 71.5 Å². The molecule has 0 fully saturated rings. The fraction of sp³-hybridized carbons (Fsp3) is 0. The number of hydrogen-bond donors (Lipinski definition) is 4. The average Bonchev–Trinajstić information content (AvgIpc) is 3.03. The zero-order valence-electron chi connectivity index (χ0n) is 13.3. The number of aromatic hydroxyl groups is 1. The summed E-state index contributed by atoms with van der Waals surface area (Å²) in [5.74, 6) is -0.895. The molecular weight excluding hydrogens is 374 g/mol. The van der Waals surface area contributed by atoms with Crippen LogP contribution in [0.25, 0.3) is 5.69 Å². The van der Waals surface area contributed by atoms with Gasteiger partial charge in [-0.2, -0.15) is 5.10 Å². The van der Waals surface area contributed by atoms with E-state index < -0.39 is 5.91 Å². The maximum Gasteiger partial charge on any atom is 0.294 e. The van der Waals surface area contributed by atoms with Gasteiger partial charge in [-0.3, -0.25) is 15.6 Å². The number of aromatic nitrogens is 2. The van der Waals surface area contributed by atoms with Crippen molar-refractivity contribution >= 4 is 40.5 Å². The Morgan fingerprint density at radius 1 is 1.08 bits per heavy atom. The number of anilines is 1. The van der Waals surface area contributed by atoms with E-state index >= 15 is 0 Å². The van der Waals surface area contributed by atoms with Gasteiger partial charge >= 0.3 is 0 Å². The second kappa shape index (κ2) is 7.85. The topological polar surface area (TPSA) is 91.2 Å². The van der Waals surface area contributed by atoms with Gasteiger partial charge in [0, 0.05) is 10.7 Å². The van der Waals surface area contributed by atoms with Crippen LogP contribution in [0.3, 0.4) is 0 Å². The summed E-state index contributed by atoms with van der Waals surface area (Å²) in [7, 11) is 0. The molecule has 3 aromatic rings. The molecule has 26 heavy (non-hydrogen) atoms. The smallest absolute Gasteiger partial charge is 0.294 e. The second-order valence-corrected chi connectivity index (χ2v) is 6.03. The lowest BCUT2D eigenvalue weighted by atomic mass is 10.3. The number of nitrogens with zero attached hydrogens (tertiary/aromatic N) is 2. The molecule has 132 valence electrons. The Morgan fingerprint density at radius 2 is 1.77 bits per heavy atom. The summed E-state index contributed by atoms with van der Waals surface area (Å²) in [6, 6.07) is 16.0. The van der Waals surface area contributed by atoms with Gasteiger partial charge < -0.3 is 10.4 Å². The number of thiocarbonyl (C=S) groups is 1. The van der Waals surface area contributed by atoms with Gasteiger partial charge in [-0.25, -0.2) is 4.68 Å². The number of hydrogen-bond acceptors (Lipinski definition) is 4. The number of rotatable bonds is 3. The van der Waals surface area contributed by atoms with Crippen molar-refractivity contribution < 1.29 is 9.90 Å². The molecule has 0 aliphatic rings. The summed E-state index contributed by atoms with van der Waals surface area (Å²) in [4.78, 5) is 12.2. The minimum Gasteiger partial charge on any atom is -0.504 e. The van der Waals surface area contributed by atoms with Crippen molar-refractivity contribution in [3.8, 4) is 11.4 Å². The molecule has 7 nitrogen and oxygen atoms in total. The molecule has 0 saturated carbocycles. The van der Waals surface area contributed by atoms with Crippen LogP contribution < -0.4 is 16.2 Å². The first-order valence-corrected chi connectivity index (χ1v) is 8.28. The van der Waals surface area contributed by atoms with Crippen LogP contribution in [0.5, 0.6) is 5.75 Å². The zero-order valence-corrected chi connectivity index (χ0v) is 14.9. The molecule has 0 unspecified atom stereocenters. The van der Waals surface area contributed by atoms with E-state index in [0.717, 1.165) is 5.69 Å². The molecule has 0 aliphatic heterocycles. The summed E-state index contributed by atoms with van der Waals surface area (Å²) < 4.78 is 1.38. The van der Waals surface area contributed by atoms with Gasteiger partial charge in [0.15, 0.2) is 16.6 Å². The van der Waals surface area contributed by atoms with E-state index in [4.69, 9.17) is 23.8 Å². The minimum atomic E-state index is -0.632. The van der Waals surface area contributed by atoms with Gasteiger partial charge in [0.1, 0.15) is 0 Å². The van der Waals surface area contributed by atoms with Crippen LogP contribution in [0, 0.1) is 0 Å². The Kier molecular flexibility index (Phi) is 5.35. The van der Waals surface area contributed by atoms with E-state index in [0.29, 0.717) is 10.7 Å². The summed E-state index contributed by atoms with van der Waals surface area (Å²) in [6.07, 6.45) is 1.33. The van der Waals surface area contributed by atoms with E-state index in [9.17, 15) is 9.90 Å². The van der Waals surface area contributed by atoms with Gasteiger partial charge in [0.2, 0.25) is 0 Å². The van der Waals surface area contributed by atoms with Gasteiger partial charge in [0.05, 0.1) is 11.9 Å². The number of carbonyl (C=O) groups excluding carboxylic acids is 1. The van der Waals surface area contributed by atoms with Crippen LogP contribution in [0.15, 0.2) is 60.8 Å². The molecule has 1 amide bonds. The van der Waals surface area contributed by atoms with Crippen LogP contribution in [-0.2, 0) is 0 Å². The first kappa shape index (κ1) is 17.7. The summed E-state index contributed by atoms with van der Waals surface area (Å²) in [5, 5.41) is 17.7. The Balaban J connectivity index is 1.63. The SMILES string of the molecule is O=C(NNC(=S)Nc1ccccc1)c1nn(-c2ccc(Cl)cc2)cc1O. The quantitative estimate of drug-likeness (QED) is 0.408. The van der Waals surface area contributed by atoms with Gasteiger partial charge in [0.25, 0.3) is 5.91 Å². The number of para-hydroxylation sites is 1. The van der Waals surface area contributed by atoms with Crippen LogP contribution in [0.4, 0.5) is 5.69 Å². The van der Waals surface area contributed by atoms with Crippen molar-refractivity contribution in [1.82, 2.24) is 20.6 Å². The normalized spacial score (nSPS) is 10.2. The Labute approximate surface area is 159 Å². The molecule has 0 atom stereocenters. The second-order valence-electron chi connectivity index (χ2n) is 5.18. The number of nitrogens with one attached hydrogen (secondary N) is 3. The molecule has 0 saturated heterocycles. The van der Waals surface area contributed by atoms with Gasteiger partial charge in [-0.05, 0) is 48.6 Å². The predicted octanol–water partition coefficient (Wildman–Crippen LogP) is 2.86. The van der Waals surface area contributed by atoms with Crippen LogP contribution in [-0.4, -0.2) is 25.9 Å². The molecule has 0 radical (unpaired) electrons. The molecule has 1 heterocycles. The van der Waals surface area contributed by atoms with E-state index in [-0.39, 0.29) is 16.6 Å². The molecule has 3 rings (SSSR count). The minimum absolute atomic E-state index is 0.144. The third-order valence-corrected chi connectivity index (χ3v) is 3.78. The summed E-state index contributed by atoms with van der Waals surface area (Å²) in [5.41, 5.74) is 6.22. The van der Waals surface area contributed by atoms with E-state index in [1.807, 2.05) is 30.3 Å². The lowest BCUT2D eigenvalue weighted by Gasteiger charge is -2.10. The molecule has 1 aromatic heterocycles. The lowest BCUT2D eigenvalue weighted by molar-refractivity contribution is 0.0936. The number of halogens is 1. The Morgan fingerprint density at radius 3 is 2.46 bits per heavy atom. The van der Waals surface area contributed by atoms with Gasteiger partial charge in [-0.15, -0.1) is 0 Å². The van der Waals surface area contributed by atoms with Crippen molar-refractivity contribution in [3.63, 3.8) is 0 Å². The van der Waals surface area contributed by atoms with Crippen molar-refractivity contribution in [2.75, 3.05) is 5.32 Å². The maximum atomic E-state index is 12.2. The number of carbonyl (C=O) groups is 1. The third-order valence-electron chi connectivity index (χ3n) is 3.32. The van der Waals surface area contributed by atoms with Gasteiger partial charge in [-0.1, -0.05) is 29.8 Å². The lowest BCUT2D eigenvalue weighted by Crippen LogP contribution is -2.43. The molecule has 0 aliphatic carbocycles. The summed E-state index contributed by atoms with van der Waals surface area (Å²) in [6.45, 7) is 0. The summed E-state index contributed by atoms with van der Waals surface area (Å²) >= 11 is 10.9. The van der Waals surface area contributed by atoms with Crippen molar-refractivity contribution in [2.24, 2.45) is 0 Å². The standard InChI is InChI=1S/C17H14ClN5O2S/c18-11-6-8-13(9-7-11)23-10-14(24)15(22-23)16(25)20-21-17(26)19-12-4-2-1-3-5-12/h1-10,24H,(H,20,25)(H2,19,21,26). The van der Waals surface area contributed by atoms with Crippen molar-refractivity contribution in [2.45, 2.75) is 0 Å². The number of hydrazine groups is 1. The molecule has 9 heteroatoms. The predicted molar refractivity (Wildman–Crippen MR) is 104 cm³/mol. The van der Waals surface area contributed by atoms with E-state index in [1.54, 1.807) is 24.3 Å². The monoisotopic (exact) mass is 387 g/mol. The first-order chi connectivity index (χ1) is 12.5. The highest BCUT2D eigenvalue weighted by Crippen LogP contribution is 2.19. The molecule has 0 spiro atoms. The Hall–Kier alpha value is -3.10. The van der Waals surface area contributed by atoms with Crippen molar-refractivity contribution in [1.29, 1.82) is 0 Å². The third kappa shape index (κ3) is 4.29.